The molecule has 0 saturated carbocycles. The van der Waals surface area contributed by atoms with Gasteiger partial charge in [-0.15, -0.1) is 0 Å². The number of aromatic nitrogens is 1. The Morgan fingerprint density at radius 1 is 1.44 bits per heavy atom. The Labute approximate surface area is 93.5 Å². The zero-order valence-corrected chi connectivity index (χ0v) is 9.10. The smallest absolute Gasteiger partial charge is 0.323 e. The highest BCUT2D eigenvalue weighted by Crippen LogP contribution is 2.20. The number of rotatable bonds is 4. The van der Waals surface area contributed by atoms with Crippen LogP contribution in [-0.4, -0.2) is 22.7 Å². The fourth-order valence-corrected chi connectivity index (χ4v) is 1.93. The summed E-state index contributed by atoms with van der Waals surface area (Å²) in [5.74, 6) is -0.822. The second-order valence-electron chi connectivity index (χ2n) is 3.72. The number of nitrogens with one attached hydrogen (secondary N) is 1. The summed E-state index contributed by atoms with van der Waals surface area (Å²) in [6.07, 6.45) is 1.90. The first-order valence-electron chi connectivity index (χ1n) is 5.15. The molecule has 1 aromatic heterocycles. The van der Waals surface area contributed by atoms with E-state index >= 15 is 0 Å². The van der Waals surface area contributed by atoms with Crippen LogP contribution >= 0.6 is 0 Å². The Morgan fingerprint density at radius 2 is 2.19 bits per heavy atom. The van der Waals surface area contributed by atoms with Gasteiger partial charge in [-0.3, -0.25) is 4.79 Å². The Kier molecular flexibility index (Phi) is 2.92. The number of nitrogens with zero attached hydrogens (tertiary/aromatic N) is 1. The highest BCUT2D eigenvalue weighted by Gasteiger charge is 2.09. The standard InChI is InChI=1S/C12H14N2O2/c1-13-6-9-7-14(8-12(15)16)11-5-3-2-4-10(9)11/h2-5,7,13H,6,8H2,1H3,(H,15,16). The normalized spacial score (nSPS) is 10.8. The Balaban J connectivity index is 2.52. The maximum Gasteiger partial charge on any atom is 0.323 e. The molecule has 84 valence electrons. The molecule has 0 spiro atoms. The van der Waals surface area contributed by atoms with E-state index in [1.807, 2.05) is 37.5 Å². The molecule has 1 heterocycles. The van der Waals surface area contributed by atoms with Gasteiger partial charge in [0.2, 0.25) is 0 Å². The van der Waals surface area contributed by atoms with Gasteiger partial charge in [0.1, 0.15) is 6.54 Å². The average Bonchev–Trinajstić information content (AvgIpc) is 2.58. The molecule has 4 nitrogen and oxygen atoms in total. The summed E-state index contributed by atoms with van der Waals surface area (Å²) in [5, 5.41) is 13.0. The van der Waals surface area contributed by atoms with Crippen LogP contribution < -0.4 is 5.32 Å². The summed E-state index contributed by atoms with van der Waals surface area (Å²) < 4.78 is 1.77. The van der Waals surface area contributed by atoms with E-state index in [2.05, 4.69) is 5.32 Å². The lowest BCUT2D eigenvalue weighted by Gasteiger charge is -1.99. The maximum absolute atomic E-state index is 10.7. The molecule has 0 fully saturated rings. The molecule has 0 aliphatic heterocycles. The summed E-state index contributed by atoms with van der Waals surface area (Å²) in [6, 6.07) is 7.84. The number of para-hydroxylation sites is 1. The lowest BCUT2D eigenvalue weighted by molar-refractivity contribution is -0.137. The number of fused-ring (bicyclic) bond motifs is 1. The molecular weight excluding hydrogens is 204 g/mol. The molecule has 2 N–H and O–H groups in total. The van der Waals surface area contributed by atoms with Gasteiger partial charge in [0.25, 0.3) is 0 Å². The summed E-state index contributed by atoms with van der Waals surface area (Å²) in [4.78, 5) is 10.7. The first-order valence-corrected chi connectivity index (χ1v) is 5.15. The molecule has 4 heteroatoms. The summed E-state index contributed by atoms with van der Waals surface area (Å²) in [5.41, 5.74) is 2.09. The van der Waals surface area contributed by atoms with E-state index in [9.17, 15) is 4.79 Å². The minimum absolute atomic E-state index is 0.00419. The molecule has 2 rings (SSSR count). The van der Waals surface area contributed by atoms with Crippen LogP contribution in [-0.2, 0) is 17.9 Å². The molecule has 16 heavy (non-hydrogen) atoms. The lowest BCUT2D eigenvalue weighted by atomic mass is 10.2. The van der Waals surface area contributed by atoms with Crippen molar-refractivity contribution >= 4 is 16.9 Å². The van der Waals surface area contributed by atoms with Gasteiger partial charge >= 0.3 is 5.97 Å². The second kappa shape index (κ2) is 4.37. The van der Waals surface area contributed by atoms with Gasteiger partial charge < -0.3 is 15.0 Å². The first-order chi connectivity index (χ1) is 7.72. The predicted octanol–water partition coefficient (Wildman–Crippen LogP) is 1.45. The predicted molar refractivity (Wildman–Crippen MR) is 62.3 cm³/mol. The maximum atomic E-state index is 10.7. The molecular formula is C12H14N2O2. The van der Waals surface area contributed by atoms with Gasteiger partial charge in [0, 0.05) is 23.6 Å². The van der Waals surface area contributed by atoms with Crippen LogP contribution in [0.15, 0.2) is 30.5 Å². The van der Waals surface area contributed by atoms with Gasteiger partial charge in [-0.1, -0.05) is 18.2 Å². The zero-order chi connectivity index (χ0) is 11.5. The van der Waals surface area contributed by atoms with E-state index in [0.29, 0.717) is 0 Å². The SMILES string of the molecule is CNCc1cn(CC(=O)O)c2ccccc12. The topological polar surface area (TPSA) is 54.3 Å². The van der Waals surface area contributed by atoms with E-state index in [4.69, 9.17) is 5.11 Å². The molecule has 0 aliphatic rings. The van der Waals surface area contributed by atoms with E-state index in [-0.39, 0.29) is 6.54 Å². The average molecular weight is 218 g/mol. The summed E-state index contributed by atoms with van der Waals surface area (Å²) in [7, 11) is 1.88. The number of carboxylic acids is 1. The van der Waals surface area contributed by atoms with Crippen LogP contribution in [0.1, 0.15) is 5.56 Å². The van der Waals surface area contributed by atoms with Gasteiger partial charge in [-0.2, -0.15) is 0 Å². The van der Waals surface area contributed by atoms with Crippen molar-refractivity contribution in [2.24, 2.45) is 0 Å². The van der Waals surface area contributed by atoms with Crippen LogP contribution in [0.3, 0.4) is 0 Å². The third-order valence-electron chi connectivity index (χ3n) is 2.54. The number of hydrogen-bond donors (Lipinski definition) is 2. The van der Waals surface area contributed by atoms with Crippen molar-refractivity contribution in [1.82, 2.24) is 9.88 Å². The van der Waals surface area contributed by atoms with Crippen molar-refractivity contribution in [3.05, 3.63) is 36.0 Å². The van der Waals surface area contributed by atoms with Crippen molar-refractivity contribution < 1.29 is 9.90 Å². The molecule has 0 saturated heterocycles. The number of hydrogen-bond acceptors (Lipinski definition) is 2. The third-order valence-corrected chi connectivity index (χ3v) is 2.54. The largest absolute Gasteiger partial charge is 0.480 e. The highest BCUT2D eigenvalue weighted by atomic mass is 16.4. The third kappa shape index (κ3) is 1.92. The first kappa shape index (κ1) is 10.7. The molecule has 0 radical (unpaired) electrons. The van der Waals surface area contributed by atoms with Gasteiger partial charge in [0.15, 0.2) is 0 Å². The molecule has 0 bridgehead atoms. The second-order valence-corrected chi connectivity index (χ2v) is 3.72. The number of benzene rings is 1. The van der Waals surface area contributed by atoms with Crippen molar-refractivity contribution in [2.75, 3.05) is 7.05 Å². The summed E-state index contributed by atoms with van der Waals surface area (Å²) >= 11 is 0. The van der Waals surface area contributed by atoms with E-state index in [0.717, 1.165) is 23.0 Å². The monoisotopic (exact) mass is 218 g/mol. The van der Waals surface area contributed by atoms with E-state index in [1.54, 1.807) is 4.57 Å². The van der Waals surface area contributed by atoms with E-state index < -0.39 is 5.97 Å². The van der Waals surface area contributed by atoms with Crippen LogP contribution in [0.4, 0.5) is 0 Å². The molecule has 0 unspecified atom stereocenters. The Morgan fingerprint density at radius 3 is 2.88 bits per heavy atom. The fraction of sp³-hybridized carbons (Fsp3) is 0.250. The molecule has 2 aromatic rings. The number of aliphatic carboxylic acids is 1. The Hall–Kier alpha value is -1.81. The van der Waals surface area contributed by atoms with Crippen LogP contribution in [0.5, 0.6) is 0 Å². The lowest BCUT2D eigenvalue weighted by Crippen LogP contribution is -2.08. The number of carbonyl (C=O) groups is 1. The quantitative estimate of drug-likeness (QED) is 0.816. The molecule has 0 atom stereocenters. The van der Waals surface area contributed by atoms with Crippen molar-refractivity contribution in [1.29, 1.82) is 0 Å². The van der Waals surface area contributed by atoms with Gasteiger partial charge in [-0.05, 0) is 18.7 Å². The Bertz CT molecular complexity index is 517. The van der Waals surface area contributed by atoms with Gasteiger partial charge in [-0.25, -0.2) is 0 Å². The minimum Gasteiger partial charge on any atom is -0.480 e. The van der Waals surface area contributed by atoms with E-state index in [1.165, 1.54) is 0 Å². The molecule has 0 amide bonds. The zero-order valence-electron chi connectivity index (χ0n) is 9.10. The number of carboxylic acid groups (broad SMARTS) is 1. The van der Waals surface area contributed by atoms with Crippen LogP contribution in [0.2, 0.25) is 0 Å². The van der Waals surface area contributed by atoms with Crippen molar-refractivity contribution in [3.63, 3.8) is 0 Å². The minimum atomic E-state index is -0.822. The molecule has 1 aromatic carbocycles. The van der Waals surface area contributed by atoms with Crippen LogP contribution in [0, 0.1) is 0 Å². The molecule has 0 aliphatic carbocycles. The van der Waals surface area contributed by atoms with Gasteiger partial charge in [0.05, 0.1) is 0 Å². The highest BCUT2D eigenvalue weighted by molar-refractivity contribution is 5.85. The van der Waals surface area contributed by atoms with Crippen molar-refractivity contribution in [3.8, 4) is 0 Å². The summed E-state index contributed by atoms with van der Waals surface area (Å²) in [6.45, 7) is 0.747. The fourth-order valence-electron chi connectivity index (χ4n) is 1.93. The van der Waals surface area contributed by atoms with Crippen molar-refractivity contribution in [2.45, 2.75) is 13.1 Å². The van der Waals surface area contributed by atoms with Crippen LogP contribution in [0.25, 0.3) is 10.9 Å².